The molecule has 0 unspecified atom stereocenters. The summed E-state index contributed by atoms with van der Waals surface area (Å²) in [5.74, 6) is -2.60. The number of carboxylic acids is 1. The van der Waals surface area contributed by atoms with Gasteiger partial charge in [-0.15, -0.1) is 0 Å². The Morgan fingerprint density at radius 2 is 1.64 bits per heavy atom. The molecule has 2 aliphatic heterocycles. The summed E-state index contributed by atoms with van der Waals surface area (Å²) in [7, 11) is 0. The van der Waals surface area contributed by atoms with E-state index in [1.807, 2.05) is 0 Å². The summed E-state index contributed by atoms with van der Waals surface area (Å²) < 4.78 is 16.7. The minimum Gasteiger partial charge on any atom is -0.478 e. The molecule has 2 bridgehead atoms. The van der Waals surface area contributed by atoms with Crippen LogP contribution >= 0.6 is 0 Å². The number of nitrogens with one attached hydrogen (secondary N) is 1. The molecule has 0 aromatic heterocycles. The largest absolute Gasteiger partial charge is 0.478 e. The summed E-state index contributed by atoms with van der Waals surface area (Å²) >= 11 is 0. The monoisotopic (exact) mass is 556 g/mol. The molecular weight excluding hydrogens is 516 g/mol. The number of nitrogens with zero attached hydrogens (tertiary/aromatic N) is 3. The van der Waals surface area contributed by atoms with Crippen LogP contribution < -0.4 is 5.43 Å². The molecule has 2 saturated heterocycles. The quantitative estimate of drug-likeness (QED) is 0.475. The van der Waals surface area contributed by atoms with Crippen LogP contribution in [0.2, 0.25) is 0 Å². The van der Waals surface area contributed by atoms with Crippen molar-refractivity contribution in [3.63, 3.8) is 0 Å². The van der Waals surface area contributed by atoms with Gasteiger partial charge in [0.1, 0.15) is 17.2 Å². The van der Waals surface area contributed by atoms with E-state index >= 15 is 0 Å². The van der Waals surface area contributed by atoms with E-state index in [9.17, 15) is 24.0 Å². The molecule has 2 heterocycles. The maximum Gasteiger partial charge on any atom is 0.419 e. The zero-order valence-electron chi connectivity index (χ0n) is 23.8. The first kappa shape index (κ1) is 32.0. The highest BCUT2D eigenvalue weighted by Gasteiger charge is 2.47. The molecule has 0 saturated carbocycles. The van der Waals surface area contributed by atoms with Crippen LogP contribution in [0.4, 0.5) is 9.59 Å². The van der Waals surface area contributed by atoms with Gasteiger partial charge in [0, 0.05) is 18.7 Å². The van der Waals surface area contributed by atoms with Crippen LogP contribution in [0.1, 0.15) is 61.8 Å². The number of carboxylic acid groups (broad SMARTS) is 1. The molecule has 0 aromatic rings. The van der Waals surface area contributed by atoms with Gasteiger partial charge in [-0.1, -0.05) is 5.17 Å². The summed E-state index contributed by atoms with van der Waals surface area (Å²) in [6, 6.07) is -1.74. The van der Waals surface area contributed by atoms with Gasteiger partial charge >= 0.3 is 18.2 Å². The summed E-state index contributed by atoms with van der Waals surface area (Å²) in [5.41, 5.74) is -0.209. The Labute approximate surface area is 228 Å². The van der Waals surface area contributed by atoms with E-state index in [2.05, 4.69) is 5.43 Å². The second kappa shape index (κ2) is 12.3. The van der Waals surface area contributed by atoms with E-state index in [0.717, 1.165) is 16.1 Å². The van der Waals surface area contributed by atoms with Crippen LogP contribution in [0.15, 0.2) is 12.2 Å². The molecule has 0 radical (unpaired) electrons. The van der Waals surface area contributed by atoms with Gasteiger partial charge in [-0.2, -0.15) is 0 Å². The van der Waals surface area contributed by atoms with Gasteiger partial charge in [-0.05, 0) is 61.8 Å². The molecule has 39 heavy (non-hydrogen) atoms. The second-order valence-electron chi connectivity index (χ2n) is 11.9. The SMILES string of the molecule is CC(C)(C)OC(=O)N(C[C@@H]1C[C@@H]2C(=O)N1CCOC(C)(C)CON2NC(=O)/C=C/C(=O)O)C(=O)OC(C)(C)C. The Bertz CT molecular complexity index is 954. The van der Waals surface area contributed by atoms with Crippen molar-refractivity contribution in [2.45, 2.75) is 90.7 Å². The van der Waals surface area contributed by atoms with Gasteiger partial charge in [-0.25, -0.2) is 19.3 Å². The van der Waals surface area contributed by atoms with Crippen LogP contribution in [0.3, 0.4) is 0 Å². The fraction of sp³-hybridized carbons (Fsp3) is 0.720. The molecule has 2 aliphatic rings. The van der Waals surface area contributed by atoms with Crippen LogP contribution in [0.25, 0.3) is 0 Å². The standard InChI is InChI=1S/C25H40N4O10/c1-23(2,3)38-21(34)28(22(35)39-24(4,5)6)14-16-13-17-20(33)27(16)11-12-36-25(7,8)15-37-29(17)26-18(30)9-10-19(31)32/h9-10,16-17H,11-15H2,1-8H3,(H,26,30)(H,31,32)/b10-9+/t16-,17+/m0/s1. The Morgan fingerprint density at radius 1 is 1.08 bits per heavy atom. The second-order valence-corrected chi connectivity index (χ2v) is 11.9. The van der Waals surface area contributed by atoms with Crippen LogP contribution in [-0.2, 0) is 33.4 Å². The van der Waals surface area contributed by atoms with E-state index in [1.54, 1.807) is 55.4 Å². The molecule has 220 valence electrons. The Hall–Kier alpha value is -3.23. The smallest absolute Gasteiger partial charge is 0.419 e. The van der Waals surface area contributed by atoms with Gasteiger partial charge < -0.3 is 24.2 Å². The lowest BCUT2D eigenvalue weighted by Crippen LogP contribution is -2.54. The predicted octanol–water partition coefficient (Wildman–Crippen LogP) is 1.84. The highest BCUT2D eigenvalue weighted by molar-refractivity contribution is 5.94. The van der Waals surface area contributed by atoms with Gasteiger partial charge in [0.15, 0.2) is 0 Å². The van der Waals surface area contributed by atoms with Gasteiger partial charge in [0.2, 0.25) is 5.91 Å². The topological polar surface area (TPSA) is 164 Å². The Morgan fingerprint density at radius 3 is 2.15 bits per heavy atom. The normalized spacial score (nSPS) is 22.4. The van der Waals surface area contributed by atoms with Crippen LogP contribution in [0, 0.1) is 0 Å². The summed E-state index contributed by atoms with van der Waals surface area (Å²) in [6.45, 7) is 13.5. The fourth-order valence-corrected chi connectivity index (χ4v) is 3.77. The molecule has 14 heteroatoms. The molecule has 2 rings (SSSR count). The predicted molar refractivity (Wildman–Crippen MR) is 136 cm³/mol. The van der Waals surface area contributed by atoms with Crippen molar-refractivity contribution in [2.24, 2.45) is 0 Å². The highest BCUT2D eigenvalue weighted by atomic mass is 16.7. The lowest BCUT2D eigenvalue weighted by atomic mass is 10.1. The average Bonchev–Trinajstić information content (AvgIpc) is 3.04. The molecule has 0 aromatic carbocycles. The molecule has 2 atom stereocenters. The number of hydrogen-bond acceptors (Lipinski definition) is 10. The number of carbonyl (C=O) groups is 5. The van der Waals surface area contributed by atoms with Gasteiger partial charge in [0.25, 0.3) is 5.91 Å². The first-order chi connectivity index (χ1) is 17.8. The number of carbonyl (C=O) groups excluding carboxylic acids is 4. The number of hydrazine groups is 1. The van der Waals surface area contributed by atoms with Crippen LogP contribution in [-0.4, -0.2) is 105 Å². The molecule has 14 nitrogen and oxygen atoms in total. The number of amides is 4. The van der Waals surface area contributed by atoms with Crippen molar-refractivity contribution in [3.05, 3.63) is 12.2 Å². The number of fused-ring (bicyclic) bond motifs is 2. The summed E-state index contributed by atoms with van der Waals surface area (Å²) in [4.78, 5) is 70.7. The number of aliphatic carboxylic acids is 1. The maximum atomic E-state index is 13.5. The molecular formula is C25H40N4O10. The zero-order valence-corrected chi connectivity index (χ0v) is 23.8. The van der Waals surface area contributed by atoms with Gasteiger partial charge in [-0.3, -0.25) is 19.9 Å². The van der Waals surface area contributed by atoms with Crippen molar-refractivity contribution in [1.82, 2.24) is 20.4 Å². The molecule has 4 amide bonds. The first-order valence-corrected chi connectivity index (χ1v) is 12.6. The Balaban J connectivity index is 2.38. The first-order valence-electron chi connectivity index (χ1n) is 12.6. The van der Waals surface area contributed by atoms with E-state index in [0.29, 0.717) is 6.08 Å². The number of ether oxygens (including phenoxy) is 3. The third-order valence-corrected chi connectivity index (χ3v) is 5.38. The molecule has 2 N–H and O–H groups in total. The van der Waals surface area contributed by atoms with Crippen molar-refractivity contribution < 1.29 is 48.1 Å². The van der Waals surface area contributed by atoms with Crippen molar-refractivity contribution in [1.29, 1.82) is 0 Å². The highest BCUT2D eigenvalue weighted by Crippen LogP contribution is 2.27. The summed E-state index contributed by atoms with van der Waals surface area (Å²) in [6.07, 6.45) is -0.392. The van der Waals surface area contributed by atoms with Gasteiger partial charge in [0.05, 0.1) is 31.4 Å². The molecule has 0 aliphatic carbocycles. The van der Waals surface area contributed by atoms with E-state index < -0.39 is 58.9 Å². The maximum absolute atomic E-state index is 13.5. The minimum absolute atomic E-state index is 0.0354. The number of rotatable bonds is 5. The third kappa shape index (κ3) is 10.1. The van der Waals surface area contributed by atoms with Crippen molar-refractivity contribution >= 4 is 30.0 Å². The van der Waals surface area contributed by atoms with E-state index in [1.165, 1.54) is 4.90 Å². The number of imide groups is 1. The fourth-order valence-electron chi connectivity index (χ4n) is 3.77. The van der Waals surface area contributed by atoms with E-state index in [-0.39, 0.29) is 32.7 Å². The third-order valence-electron chi connectivity index (χ3n) is 5.38. The number of hydrogen-bond donors (Lipinski definition) is 2. The van der Waals surface area contributed by atoms with Crippen molar-refractivity contribution in [3.8, 4) is 0 Å². The lowest BCUT2D eigenvalue weighted by molar-refractivity contribution is -0.247. The Kier molecular flexibility index (Phi) is 10.1. The molecule has 0 spiro atoms. The lowest BCUT2D eigenvalue weighted by Gasteiger charge is -2.34. The number of hydroxylamine groups is 1. The van der Waals surface area contributed by atoms with Crippen LogP contribution in [0.5, 0.6) is 0 Å². The average molecular weight is 557 g/mol. The zero-order chi connectivity index (χ0) is 29.8. The van der Waals surface area contributed by atoms with E-state index in [4.69, 9.17) is 24.2 Å². The summed E-state index contributed by atoms with van der Waals surface area (Å²) in [5, 5.41) is 9.78. The molecule has 2 fully saturated rings. The minimum atomic E-state index is -1.32. The van der Waals surface area contributed by atoms with Crippen molar-refractivity contribution in [2.75, 3.05) is 26.3 Å².